The highest BCUT2D eigenvalue weighted by molar-refractivity contribution is 5.75. The van der Waals surface area contributed by atoms with E-state index in [2.05, 4.69) is 12.7 Å². The minimum Gasteiger partial charge on any atom is -0.426 e. The standard InChI is InChI=1S/C26H35FO2/c1-3-18-5-6-23-15-22(12-11-21(23)14-18)19-7-9-20(10-8-19)26(28)29-24-13-4-17(2)25(27)16-24/h3-4,13,16,18-23H,1,5-12,14-15H2,2H3. The van der Waals surface area contributed by atoms with Crippen molar-refractivity contribution in [2.45, 2.75) is 71.1 Å². The molecule has 3 aliphatic rings. The molecule has 0 heterocycles. The highest BCUT2D eigenvalue weighted by atomic mass is 19.1. The number of hydrogen-bond donors (Lipinski definition) is 0. The van der Waals surface area contributed by atoms with Gasteiger partial charge in [-0.1, -0.05) is 12.1 Å². The number of carbonyl (C=O) groups is 1. The summed E-state index contributed by atoms with van der Waals surface area (Å²) in [5, 5.41) is 0. The smallest absolute Gasteiger partial charge is 0.314 e. The van der Waals surface area contributed by atoms with Crippen LogP contribution in [-0.2, 0) is 4.79 Å². The van der Waals surface area contributed by atoms with Gasteiger partial charge in [0.05, 0.1) is 5.92 Å². The summed E-state index contributed by atoms with van der Waals surface area (Å²) < 4.78 is 19.2. The lowest BCUT2D eigenvalue weighted by molar-refractivity contribution is -0.140. The molecule has 0 N–H and O–H groups in total. The molecule has 0 spiro atoms. The Kier molecular flexibility index (Phi) is 6.41. The molecule has 0 amide bonds. The lowest BCUT2D eigenvalue weighted by atomic mass is 9.61. The van der Waals surface area contributed by atoms with Gasteiger partial charge in [-0.3, -0.25) is 4.79 Å². The van der Waals surface area contributed by atoms with Crippen molar-refractivity contribution in [3.05, 3.63) is 42.2 Å². The first-order chi connectivity index (χ1) is 14.0. The van der Waals surface area contributed by atoms with Crippen molar-refractivity contribution in [1.82, 2.24) is 0 Å². The Morgan fingerprint density at radius 2 is 1.59 bits per heavy atom. The van der Waals surface area contributed by atoms with Crippen LogP contribution in [0.3, 0.4) is 0 Å². The fourth-order valence-electron chi connectivity index (χ4n) is 6.27. The van der Waals surface area contributed by atoms with E-state index in [4.69, 9.17) is 4.74 Å². The Bertz CT molecular complexity index is 734. The Balaban J connectivity index is 1.25. The molecule has 158 valence electrons. The van der Waals surface area contributed by atoms with Gasteiger partial charge in [0, 0.05) is 6.07 Å². The minimum absolute atomic E-state index is 0.0324. The second-order valence-electron chi connectivity index (χ2n) is 9.85. The predicted molar refractivity (Wildman–Crippen MR) is 114 cm³/mol. The molecule has 4 rings (SSSR count). The van der Waals surface area contributed by atoms with Crippen molar-refractivity contribution in [3.63, 3.8) is 0 Å². The molecule has 3 aliphatic carbocycles. The van der Waals surface area contributed by atoms with Crippen LogP contribution in [0.1, 0.15) is 69.8 Å². The third kappa shape index (κ3) is 4.75. The van der Waals surface area contributed by atoms with E-state index >= 15 is 0 Å². The van der Waals surface area contributed by atoms with E-state index in [0.717, 1.165) is 55.3 Å². The van der Waals surface area contributed by atoms with E-state index in [1.54, 1.807) is 19.1 Å². The summed E-state index contributed by atoms with van der Waals surface area (Å²) in [5.74, 6) is 4.00. The first-order valence-corrected chi connectivity index (χ1v) is 11.6. The van der Waals surface area contributed by atoms with Crippen molar-refractivity contribution < 1.29 is 13.9 Å². The molecular formula is C26H35FO2. The number of esters is 1. The molecule has 0 aromatic heterocycles. The second kappa shape index (κ2) is 9.02. The van der Waals surface area contributed by atoms with Crippen LogP contribution in [-0.4, -0.2) is 5.97 Å². The van der Waals surface area contributed by atoms with Gasteiger partial charge in [0.1, 0.15) is 11.6 Å². The Morgan fingerprint density at radius 1 is 0.966 bits per heavy atom. The first kappa shape index (κ1) is 20.6. The second-order valence-corrected chi connectivity index (χ2v) is 9.85. The number of hydrogen-bond acceptors (Lipinski definition) is 2. The Labute approximate surface area is 174 Å². The normalized spacial score (nSPS) is 34.8. The molecule has 3 fully saturated rings. The third-order valence-electron chi connectivity index (χ3n) is 8.16. The highest BCUT2D eigenvalue weighted by Gasteiger charge is 2.39. The highest BCUT2D eigenvalue weighted by Crippen LogP contribution is 2.49. The average Bonchev–Trinajstić information content (AvgIpc) is 2.75. The third-order valence-corrected chi connectivity index (χ3v) is 8.16. The molecule has 0 bridgehead atoms. The maximum atomic E-state index is 13.7. The van der Waals surface area contributed by atoms with Crippen LogP contribution < -0.4 is 4.74 Å². The van der Waals surface area contributed by atoms with Crippen molar-refractivity contribution in [1.29, 1.82) is 0 Å². The molecule has 3 saturated carbocycles. The van der Waals surface area contributed by atoms with E-state index in [-0.39, 0.29) is 17.7 Å². The fourth-order valence-corrected chi connectivity index (χ4v) is 6.27. The van der Waals surface area contributed by atoms with Crippen molar-refractivity contribution in [3.8, 4) is 5.75 Å². The van der Waals surface area contributed by atoms with Crippen LogP contribution in [0.25, 0.3) is 0 Å². The summed E-state index contributed by atoms with van der Waals surface area (Å²) in [6, 6.07) is 4.66. The average molecular weight is 399 g/mol. The summed E-state index contributed by atoms with van der Waals surface area (Å²) in [5.41, 5.74) is 0.568. The Morgan fingerprint density at radius 3 is 2.28 bits per heavy atom. The van der Waals surface area contributed by atoms with E-state index in [1.807, 2.05) is 0 Å². The van der Waals surface area contributed by atoms with Crippen molar-refractivity contribution in [2.75, 3.05) is 0 Å². The summed E-state index contributed by atoms with van der Waals surface area (Å²) >= 11 is 0. The number of fused-ring (bicyclic) bond motifs is 1. The molecule has 4 atom stereocenters. The molecule has 2 nitrogen and oxygen atoms in total. The zero-order chi connectivity index (χ0) is 20.4. The van der Waals surface area contributed by atoms with Gasteiger partial charge < -0.3 is 4.74 Å². The topological polar surface area (TPSA) is 26.3 Å². The van der Waals surface area contributed by atoms with Gasteiger partial charge in [0.15, 0.2) is 0 Å². The lowest BCUT2D eigenvalue weighted by Gasteiger charge is -2.45. The number of allylic oxidation sites excluding steroid dienone is 1. The molecule has 3 heteroatoms. The maximum Gasteiger partial charge on any atom is 0.314 e. The van der Waals surface area contributed by atoms with Gasteiger partial charge in [-0.25, -0.2) is 4.39 Å². The summed E-state index contributed by atoms with van der Waals surface area (Å²) in [4.78, 5) is 12.5. The van der Waals surface area contributed by atoms with Gasteiger partial charge in [-0.2, -0.15) is 0 Å². The van der Waals surface area contributed by atoms with Crippen molar-refractivity contribution >= 4 is 5.97 Å². The largest absolute Gasteiger partial charge is 0.426 e. The minimum atomic E-state index is -0.322. The predicted octanol–water partition coefficient (Wildman–Crippen LogP) is 6.86. The van der Waals surface area contributed by atoms with E-state index < -0.39 is 0 Å². The summed E-state index contributed by atoms with van der Waals surface area (Å²) in [7, 11) is 0. The van der Waals surface area contributed by atoms with E-state index in [9.17, 15) is 9.18 Å². The molecular weight excluding hydrogens is 363 g/mol. The summed E-state index contributed by atoms with van der Waals surface area (Å²) in [6.45, 7) is 5.72. The molecule has 1 aromatic rings. The van der Waals surface area contributed by atoms with E-state index in [0.29, 0.717) is 11.3 Å². The SMILES string of the molecule is C=CC1CCC2CC(C3CCC(C(=O)Oc4ccc(C)c(F)c4)CC3)CCC2C1. The number of aryl methyl sites for hydroxylation is 1. The van der Waals surface area contributed by atoms with Gasteiger partial charge in [-0.15, -0.1) is 6.58 Å². The lowest BCUT2D eigenvalue weighted by Crippen LogP contribution is -2.35. The van der Waals surface area contributed by atoms with Gasteiger partial charge in [-0.05, 0) is 112 Å². The molecule has 29 heavy (non-hydrogen) atoms. The molecule has 0 saturated heterocycles. The number of ether oxygens (including phenoxy) is 1. The van der Waals surface area contributed by atoms with Crippen LogP contribution in [0.5, 0.6) is 5.75 Å². The number of carbonyl (C=O) groups excluding carboxylic acids is 1. The van der Waals surface area contributed by atoms with E-state index in [1.165, 1.54) is 44.6 Å². The first-order valence-electron chi connectivity index (χ1n) is 11.6. The molecule has 1 aromatic carbocycles. The number of halogens is 1. The van der Waals surface area contributed by atoms with Gasteiger partial charge >= 0.3 is 5.97 Å². The van der Waals surface area contributed by atoms with Crippen molar-refractivity contribution in [2.24, 2.45) is 35.5 Å². The zero-order valence-corrected chi connectivity index (χ0v) is 17.7. The fraction of sp³-hybridized carbons (Fsp3) is 0.654. The number of rotatable bonds is 4. The number of benzene rings is 1. The van der Waals surface area contributed by atoms with Crippen LogP contribution in [0.4, 0.5) is 4.39 Å². The summed E-state index contributed by atoms with van der Waals surface area (Å²) in [6.07, 6.45) is 14.5. The maximum absolute atomic E-state index is 13.7. The molecule has 0 aliphatic heterocycles. The van der Waals surface area contributed by atoms with Crippen LogP contribution in [0.15, 0.2) is 30.9 Å². The van der Waals surface area contributed by atoms with Crippen LogP contribution in [0.2, 0.25) is 0 Å². The monoisotopic (exact) mass is 398 g/mol. The molecule has 4 unspecified atom stereocenters. The molecule has 0 radical (unpaired) electrons. The zero-order valence-electron chi connectivity index (χ0n) is 17.7. The van der Waals surface area contributed by atoms with Gasteiger partial charge in [0.25, 0.3) is 0 Å². The Hall–Kier alpha value is -1.64. The van der Waals surface area contributed by atoms with Crippen LogP contribution >= 0.6 is 0 Å². The van der Waals surface area contributed by atoms with Crippen LogP contribution in [0, 0.1) is 48.2 Å². The quantitative estimate of drug-likeness (QED) is 0.314. The van der Waals surface area contributed by atoms with Gasteiger partial charge in [0.2, 0.25) is 0 Å².